The second-order valence-electron chi connectivity index (χ2n) is 4.08. The summed E-state index contributed by atoms with van der Waals surface area (Å²) in [4.78, 5) is 0.687. The molecule has 1 aliphatic rings. The van der Waals surface area contributed by atoms with Gasteiger partial charge in [0.1, 0.15) is 4.90 Å². The second kappa shape index (κ2) is 4.52. The summed E-state index contributed by atoms with van der Waals surface area (Å²) in [6.07, 6.45) is 0.483. The summed E-state index contributed by atoms with van der Waals surface area (Å²) in [6.45, 7) is 0.0370. The van der Waals surface area contributed by atoms with E-state index in [1.807, 2.05) is 30.3 Å². The predicted molar refractivity (Wildman–Crippen MR) is 71.1 cm³/mol. The molecule has 0 saturated heterocycles. The van der Waals surface area contributed by atoms with Crippen molar-refractivity contribution >= 4 is 21.4 Å². The zero-order chi connectivity index (χ0) is 13.5. The molecule has 0 bridgehead atoms. The molecule has 1 aliphatic heterocycles. The van der Waals surface area contributed by atoms with Crippen LogP contribution in [-0.2, 0) is 16.4 Å². The Morgan fingerprint density at radius 1 is 1.21 bits per heavy atom. The van der Waals surface area contributed by atoms with Crippen LogP contribution in [0.4, 0.5) is 0 Å². The molecular formula is C12H11NO4S2. The highest BCUT2D eigenvalue weighted by Gasteiger charge is 2.31. The van der Waals surface area contributed by atoms with E-state index >= 15 is 0 Å². The third-order valence-corrected chi connectivity index (χ3v) is 4.96. The Morgan fingerprint density at radius 2 is 1.95 bits per heavy atom. The van der Waals surface area contributed by atoms with Crippen molar-refractivity contribution in [3.63, 3.8) is 0 Å². The molecule has 0 unspecified atom stereocenters. The van der Waals surface area contributed by atoms with E-state index in [0.29, 0.717) is 16.4 Å². The number of hydrogen-bond acceptors (Lipinski definition) is 5. The van der Waals surface area contributed by atoms with Gasteiger partial charge in [0.25, 0.3) is 0 Å². The van der Waals surface area contributed by atoms with Gasteiger partial charge in [0.2, 0.25) is 21.9 Å². The van der Waals surface area contributed by atoms with Gasteiger partial charge in [-0.3, -0.25) is 0 Å². The van der Waals surface area contributed by atoms with Crippen molar-refractivity contribution in [1.29, 1.82) is 0 Å². The Bertz CT molecular complexity index is 707. The van der Waals surface area contributed by atoms with E-state index in [-0.39, 0.29) is 17.4 Å². The van der Waals surface area contributed by atoms with Crippen LogP contribution in [0.3, 0.4) is 0 Å². The summed E-state index contributed by atoms with van der Waals surface area (Å²) in [7, 11) is -3.83. The summed E-state index contributed by atoms with van der Waals surface area (Å²) in [5.74, 6) is 0.249. The van der Waals surface area contributed by atoms with E-state index < -0.39 is 10.0 Å². The van der Waals surface area contributed by atoms with Gasteiger partial charge in [0.15, 0.2) is 5.75 Å². The van der Waals surface area contributed by atoms with Crippen molar-refractivity contribution in [1.82, 2.24) is 0 Å². The van der Waals surface area contributed by atoms with Crippen LogP contribution in [0.2, 0.25) is 0 Å². The normalized spacial score (nSPS) is 13.7. The van der Waals surface area contributed by atoms with Gasteiger partial charge >= 0.3 is 0 Å². The fourth-order valence-electron chi connectivity index (χ4n) is 1.97. The maximum Gasteiger partial charge on any atom is 0.243 e. The van der Waals surface area contributed by atoms with E-state index in [1.54, 1.807) is 0 Å². The van der Waals surface area contributed by atoms with Crippen molar-refractivity contribution < 1.29 is 17.9 Å². The highest BCUT2D eigenvalue weighted by atomic mass is 32.2. The molecule has 0 amide bonds. The van der Waals surface area contributed by atoms with Gasteiger partial charge in [-0.15, -0.1) is 0 Å². The highest BCUT2D eigenvalue weighted by Crippen LogP contribution is 2.47. The molecule has 2 heterocycles. The summed E-state index contributed by atoms with van der Waals surface area (Å²) in [6, 6.07) is 9.57. The Labute approximate surface area is 114 Å². The number of thiophene rings is 1. The first-order valence-electron chi connectivity index (χ1n) is 5.53. The number of hydrogen-bond donors (Lipinski definition) is 1. The van der Waals surface area contributed by atoms with Crippen LogP contribution in [0.1, 0.15) is 10.4 Å². The fourth-order valence-corrected chi connectivity index (χ4v) is 4.32. The molecule has 0 spiro atoms. The molecule has 1 aromatic heterocycles. The van der Waals surface area contributed by atoms with Gasteiger partial charge < -0.3 is 9.47 Å². The molecule has 5 nitrogen and oxygen atoms in total. The SMILES string of the molecule is NS(=O)(=O)c1c(Cc2ccccc2)sc2c1OCO2. The lowest BCUT2D eigenvalue weighted by Gasteiger charge is -2.04. The minimum atomic E-state index is -3.83. The fraction of sp³-hybridized carbons (Fsp3) is 0.167. The molecule has 7 heteroatoms. The minimum Gasteiger partial charge on any atom is -0.451 e. The largest absolute Gasteiger partial charge is 0.451 e. The topological polar surface area (TPSA) is 78.6 Å². The Hall–Kier alpha value is -1.57. The molecule has 0 aliphatic carbocycles. The first-order valence-corrected chi connectivity index (χ1v) is 7.90. The van der Waals surface area contributed by atoms with Crippen LogP contribution in [0.5, 0.6) is 10.8 Å². The van der Waals surface area contributed by atoms with Gasteiger partial charge in [-0.1, -0.05) is 41.7 Å². The number of sulfonamides is 1. The van der Waals surface area contributed by atoms with E-state index in [0.717, 1.165) is 5.56 Å². The zero-order valence-electron chi connectivity index (χ0n) is 9.83. The van der Waals surface area contributed by atoms with Crippen LogP contribution in [0.15, 0.2) is 35.2 Å². The molecular weight excluding hydrogens is 286 g/mol. The minimum absolute atomic E-state index is 0.0370. The number of primary sulfonamides is 1. The summed E-state index contributed by atoms with van der Waals surface area (Å²) in [5.41, 5.74) is 1.01. The molecule has 3 rings (SSSR count). The van der Waals surface area contributed by atoms with Crippen molar-refractivity contribution in [2.75, 3.05) is 6.79 Å². The first-order chi connectivity index (χ1) is 9.05. The monoisotopic (exact) mass is 297 g/mol. The first kappa shape index (κ1) is 12.5. The van der Waals surface area contributed by atoms with Crippen LogP contribution in [-0.4, -0.2) is 15.2 Å². The van der Waals surface area contributed by atoms with Gasteiger partial charge in [-0.2, -0.15) is 0 Å². The molecule has 2 aromatic rings. The van der Waals surface area contributed by atoms with Crippen LogP contribution < -0.4 is 14.6 Å². The van der Waals surface area contributed by atoms with E-state index in [4.69, 9.17) is 14.6 Å². The molecule has 0 saturated carbocycles. The predicted octanol–water partition coefficient (Wildman–Crippen LogP) is 1.72. The summed E-state index contributed by atoms with van der Waals surface area (Å²) >= 11 is 1.26. The molecule has 0 radical (unpaired) electrons. The van der Waals surface area contributed by atoms with Crippen molar-refractivity contribution in [2.45, 2.75) is 11.3 Å². The third-order valence-electron chi connectivity index (χ3n) is 2.75. The quantitative estimate of drug-likeness (QED) is 0.935. The number of nitrogens with two attached hydrogens (primary N) is 1. The molecule has 1 aromatic carbocycles. The molecule has 0 atom stereocenters. The third kappa shape index (κ3) is 2.32. The van der Waals surface area contributed by atoms with E-state index in [2.05, 4.69) is 0 Å². The van der Waals surface area contributed by atoms with Crippen LogP contribution >= 0.6 is 11.3 Å². The Balaban J connectivity index is 2.07. The van der Waals surface area contributed by atoms with Crippen molar-refractivity contribution in [3.05, 3.63) is 40.8 Å². The lowest BCUT2D eigenvalue weighted by Crippen LogP contribution is -2.14. The number of rotatable bonds is 3. The van der Waals surface area contributed by atoms with Crippen molar-refractivity contribution in [2.24, 2.45) is 5.14 Å². The van der Waals surface area contributed by atoms with Crippen LogP contribution in [0.25, 0.3) is 0 Å². The smallest absolute Gasteiger partial charge is 0.243 e. The average molecular weight is 297 g/mol. The maximum atomic E-state index is 11.7. The van der Waals surface area contributed by atoms with Gasteiger partial charge in [0, 0.05) is 11.3 Å². The number of fused-ring (bicyclic) bond motifs is 1. The lowest BCUT2D eigenvalue weighted by molar-refractivity contribution is 0.173. The summed E-state index contributed by atoms with van der Waals surface area (Å²) < 4.78 is 33.9. The lowest BCUT2D eigenvalue weighted by atomic mass is 10.1. The Kier molecular flexibility index (Phi) is 2.96. The van der Waals surface area contributed by atoms with Crippen molar-refractivity contribution in [3.8, 4) is 10.8 Å². The van der Waals surface area contributed by atoms with E-state index in [1.165, 1.54) is 11.3 Å². The second-order valence-corrected chi connectivity index (χ2v) is 6.65. The molecule has 0 fully saturated rings. The number of ether oxygens (including phenoxy) is 2. The highest BCUT2D eigenvalue weighted by molar-refractivity contribution is 7.89. The summed E-state index contributed by atoms with van der Waals surface area (Å²) in [5, 5.41) is 5.75. The average Bonchev–Trinajstić information content (AvgIpc) is 2.88. The maximum absolute atomic E-state index is 11.7. The van der Waals surface area contributed by atoms with Gasteiger partial charge in [-0.25, -0.2) is 13.6 Å². The van der Waals surface area contributed by atoms with Gasteiger partial charge in [-0.05, 0) is 5.56 Å². The molecule has 100 valence electrons. The zero-order valence-corrected chi connectivity index (χ0v) is 11.5. The van der Waals surface area contributed by atoms with E-state index in [9.17, 15) is 8.42 Å². The Morgan fingerprint density at radius 3 is 2.63 bits per heavy atom. The standard InChI is InChI=1S/C12H11NO4S2/c13-19(14,15)11-9(6-8-4-2-1-3-5-8)18-12-10(11)16-7-17-12/h1-5H,6-7H2,(H2,13,14,15). The van der Waals surface area contributed by atoms with Crippen LogP contribution in [0, 0.1) is 0 Å². The molecule has 19 heavy (non-hydrogen) atoms. The van der Waals surface area contributed by atoms with Gasteiger partial charge in [0.05, 0.1) is 0 Å². The number of benzene rings is 1. The molecule has 2 N–H and O–H groups in total.